The number of alkyl halides is 2. The van der Waals surface area contributed by atoms with E-state index in [1.807, 2.05) is 0 Å². The number of nitrogen functional groups attached to an aromatic ring is 2. The number of aromatic nitrogens is 7. The summed E-state index contributed by atoms with van der Waals surface area (Å²) in [5.74, 6) is -0.254. The number of pyridine rings is 1. The molecule has 0 aliphatic carbocycles. The SMILES string of the molecule is Nc1nc2c(ncn2[C@@H]2O[C@@H]3COP(O)(=S)O[C@H]4[C@H](F)[C@H](n5cnc6c(N)ccnc65)O[C@@H]4COP(O)(=S)O[C@@H]2[C@H]3F)c(=O)[nH]1. The predicted octanol–water partition coefficient (Wildman–Crippen LogP) is 0.451. The van der Waals surface area contributed by atoms with Crippen molar-refractivity contribution in [3.63, 3.8) is 0 Å². The lowest BCUT2D eigenvalue weighted by Crippen LogP contribution is -2.34. The van der Waals surface area contributed by atoms with Crippen molar-refractivity contribution in [2.24, 2.45) is 0 Å². The lowest BCUT2D eigenvalue weighted by molar-refractivity contribution is -0.0599. The Labute approximate surface area is 260 Å². The highest BCUT2D eigenvalue weighted by Crippen LogP contribution is 2.54. The molecule has 2 unspecified atom stereocenters. The van der Waals surface area contributed by atoms with Gasteiger partial charge in [0.2, 0.25) is 5.95 Å². The Balaban J connectivity index is 1.21. The molecule has 3 aliphatic rings. The van der Waals surface area contributed by atoms with Crippen LogP contribution in [0.15, 0.2) is 29.7 Å². The Bertz CT molecular complexity index is 1950. The largest absolute Gasteiger partial charge is 0.397 e. The lowest BCUT2D eigenvalue weighted by Gasteiger charge is -2.27. The number of nitrogens with zero attached hydrogens (tertiary/aromatic N) is 6. The zero-order valence-corrected chi connectivity index (χ0v) is 25.8. The zero-order valence-electron chi connectivity index (χ0n) is 22.4. The highest BCUT2D eigenvalue weighted by Gasteiger charge is 2.53. The second-order valence-corrected chi connectivity index (χ2v) is 15.8. The Morgan fingerprint density at radius 3 is 2.24 bits per heavy atom. The minimum Gasteiger partial charge on any atom is -0.397 e. The summed E-state index contributed by atoms with van der Waals surface area (Å²) in [4.78, 5) is 52.9. The molecule has 3 fully saturated rings. The molecule has 7 N–H and O–H groups in total. The van der Waals surface area contributed by atoms with Gasteiger partial charge in [0.25, 0.3) is 5.56 Å². The summed E-state index contributed by atoms with van der Waals surface area (Å²) >= 11 is 10.3. The van der Waals surface area contributed by atoms with Gasteiger partial charge in [-0.15, -0.1) is 0 Å². The molecule has 0 radical (unpaired) electrons. The van der Waals surface area contributed by atoms with Gasteiger partial charge in [-0.25, -0.2) is 23.7 Å². The average molecular weight is 710 g/mol. The van der Waals surface area contributed by atoms with E-state index < -0.39 is 81.4 Å². The van der Waals surface area contributed by atoms with Crippen LogP contribution in [0.1, 0.15) is 12.5 Å². The van der Waals surface area contributed by atoms with E-state index in [9.17, 15) is 14.6 Å². The van der Waals surface area contributed by atoms with Gasteiger partial charge >= 0.3 is 13.4 Å². The minimum absolute atomic E-state index is 0.0852. The van der Waals surface area contributed by atoms with Crippen LogP contribution in [0.25, 0.3) is 22.3 Å². The van der Waals surface area contributed by atoms with Crippen molar-refractivity contribution in [3.8, 4) is 0 Å². The van der Waals surface area contributed by atoms with Gasteiger partial charge in [0, 0.05) is 6.20 Å². The van der Waals surface area contributed by atoms with E-state index in [2.05, 4.69) is 24.9 Å². The van der Waals surface area contributed by atoms with E-state index in [1.54, 1.807) is 0 Å². The molecule has 242 valence electrons. The summed E-state index contributed by atoms with van der Waals surface area (Å²) < 4.78 is 68.0. The number of nitrogens with one attached hydrogen (secondary N) is 1. The number of ether oxygens (including phenoxy) is 2. The Morgan fingerprint density at radius 1 is 0.889 bits per heavy atom. The van der Waals surface area contributed by atoms with Gasteiger partial charge in [0.05, 0.1) is 31.6 Å². The Kier molecular flexibility index (Phi) is 7.78. The van der Waals surface area contributed by atoms with Gasteiger partial charge in [0.15, 0.2) is 41.6 Å². The van der Waals surface area contributed by atoms with Crippen molar-refractivity contribution in [1.82, 2.24) is 34.1 Å². The number of hydrogen-bond acceptors (Lipinski definition) is 15. The first-order valence-electron chi connectivity index (χ1n) is 13.0. The maximum Gasteiger partial charge on any atom is 0.325 e. The summed E-state index contributed by atoms with van der Waals surface area (Å²) in [6.07, 6.45) is -9.25. The topological polar surface area (TPSA) is 242 Å². The predicted molar refractivity (Wildman–Crippen MR) is 157 cm³/mol. The molecule has 0 aromatic carbocycles. The maximum atomic E-state index is 16.0. The third kappa shape index (κ3) is 5.57. The number of rotatable bonds is 2. The second-order valence-electron chi connectivity index (χ2n) is 10.2. The molecule has 45 heavy (non-hydrogen) atoms. The molecule has 3 saturated heterocycles. The maximum absolute atomic E-state index is 16.0. The van der Waals surface area contributed by atoms with Crippen LogP contribution < -0.4 is 17.0 Å². The summed E-state index contributed by atoms with van der Waals surface area (Å²) in [5.41, 5.74) is 11.5. The Hall–Kier alpha value is -2.59. The van der Waals surface area contributed by atoms with Crippen molar-refractivity contribution < 1.29 is 46.1 Å². The molecule has 7 rings (SSSR count). The van der Waals surface area contributed by atoms with Gasteiger partial charge in [-0.3, -0.25) is 28.0 Å². The van der Waals surface area contributed by atoms with Gasteiger partial charge in [-0.1, -0.05) is 0 Å². The number of anilines is 2. The van der Waals surface area contributed by atoms with Gasteiger partial charge in [0.1, 0.15) is 29.9 Å². The number of H-pyrrole nitrogens is 1. The van der Waals surface area contributed by atoms with Gasteiger partial charge in [-0.05, 0) is 29.7 Å². The van der Waals surface area contributed by atoms with Crippen LogP contribution in [-0.2, 0) is 51.2 Å². The monoisotopic (exact) mass is 709 g/mol. The average Bonchev–Trinajstić information content (AvgIpc) is 3.72. The van der Waals surface area contributed by atoms with Crippen LogP contribution in [0, 0.1) is 0 Å². The van der Waals surface area contributed by atoms with Crippen molar-refractivity contribution in [1.29, 1.82) is 0 Å². The number of imidazole rings is 2. The van der Waals surface area contributed by atoms with E-state index in [4.69, 9.17) is 62.6 Å². The zero-order chi connectivity index (χ0) is 31.8. The molecule has 18 nitrogen and oxygen atoms in total. The summed E-state index contributed by atoms with van der Waals surface area (Å²) in [7, 11) is 0. The first-order chi connectivity index (χ1) is 21.3. The van der Waals surface area contributed by atoms with E-state index in [1.165, 1.54) is 23.2 Å². The van der Waals surface area contributed by atoms with Crippen molar-refractivity contribution in [2.45, 2.75) is 49.2 Å². The number of hydrogen-bond donors (Lipinski definition) is 5. The molecular formula is C21H23F2N9O9P2S2. The fourth-order valence-electron chi connectivity index (χ4n) is 5.32. The third-order valence-corrected chi connectivity index (χ3v) is 10.5. The molecule has 3 aliphatic heterocycles. The second kappa shape index (κ2) is 11.3. The number of halogens is 2. The van der Waals surface area contributed by atoms with E-state index in [0.29, 0.717) is 11.2 Å². The van der Waals surface area contributed by atoms with Crippen molar-refractivity contribution >= 4 is 71.0 Å². The first-order valence-corrected chi connectivity index (χ1v) is 18.2. The van der Waals surface area contributed by atoms with Crippen LogP contribution in [0.5, 0.6) is 0 Å². The van der Waals surface area contributed by atoms with Gasteiger partial charge < -0.3 is 39.8 Å². The summed E-state index contributed by atoms with van der Waals surface area (Å²) in [5, 5.41) is 0. The van der Waals surface area contributed by atoms with Crippen molar-refractivity contribution in [3.05, 3.63) is 35.3 Å². The molecular weight excluding hydrogens is 686 g/mol. The van der Waals surface area contributed by atoms with E-state index in [0.717, 1.165) is 10.9 Å². The molecule has 2 bridgehead atoms. The number of aromatic amines is 1. The Morgan fingerprint density at radius 2 is 1.51 bits per heavy atom. The third-order valence-electron chi connectivity index (χ3n) is 7.34. The van der Waals surface area contributed by atoms with Crippen LogP contribution >= 0.6 is 13.4 Å². The molecule has 4 aromatic rings. The van der Waals surface area contributed by atoms with Gasteiger partial charge in [-0.2, -0.15) is 4.98 Å². The molecule has 24 heteroatoms. The quantitative estimate of drug-likeness (QED) is 0.177. The molecule has 0 amide bonds. The van der Waals surface area contributed by atoms with Crippen LogP contribution in [-0.4, -0.2) is 93.8 Å². The summed E-state index contributed by atoms with van der Waals surface area (Å²) in [6.45, 7) is -9.99. The highest BCUT2D eigenvalue weighted by molar-refractivity contribution is 8.07. The number of nitrogens with two attached hydrogens (primary N) is 2. The molecule has 0 saturated carbocycles. The fraction of sp³-hybridized carbons (Fsp3) is 0.476. The molecule has 10 atom stereocenters. The molecule has 4 aromatic heterocycles. The van der Waals surface area contributed by atoms with Crippen LogP contribution in [0.4, 0.5) is 20.4 Å². The highest BCUT2D eigenvalue weighted by atomic mass is 32.5. The molecule has 7 heterocycles. The molecule has 0 spiro atoms. The van der Waals surface area contributed by atoms with E-state index >= 15 is 8.78 Å². The number of fused-ring (bicyclic) bond motifs is 5. The van der Waals surface area contributed by atoms with E-state index in [-0.39, 0.29) is 22.8 Å². The smallest absolute Gasteiger partial charge is 0.325 e. The fourth-order valence-corrected chi connectivity index (χ4v) is 8.16. The lowest BCUT2D eigenvalue weighted by atomic mass is 10.1. The minimum atomic E-state index is -4.34. The standard InChI is InChI=1S/C21H23F2N9O9P2S2/c22-10-8-3-36-42(34,44)40-14-9(39-19(11(14)23)31-5-27-12-7(24)1-2-26-16(12)31)4-37-43(35,45)41-15(10)20(38-8)32-6-28-13-17(32)29-21(25)30-18(13)33/h1-2,5-6,8-11,14-15,19-20H,3-4H2,(H2,24,26)(H,34,44)(H,35,45)(H3,25,29,30,33)/t8-,9-,10+,11+,14-,15-,19-,20-,42?,43?/m1/s1. The van der Waals surface area contributed by atoms with Crippen molar-refractivity contribution in [2.75, 3.05) is 24.7 Å². The van der Waals surface area contributed by atoms with Crippen LogP contribution in [0.2, 0.25) is 0 Å². The van der Waals surface area contributed by atoms with Crippen LogP contribution in [0.3, 0.4) is 0 Å². The first kappa shape index (κ1) is 31.0. The normalized spacial score (nSPS) is 37.7. The summed E-state index contributed by atoms with van der Waals surface area (Å²) in [6, 6.07) is 1.52.